The van der Waals surface area contributed by atoms with Crippen LogP contribution in [0.15, 0.2) is 30.6 Å². The van der Waals surface area contributed by atoms with E-state index < -0.39 is 0 Å². The maximum absolute atomic E-state index is 12.5. The summed E-state index contributed by atoms with van der Waals surface area (Å²) >= 11 is 0. The van der Waals surface area contributed by atoms with E-state index in [1.165, 1.54) is 24.4 Å². The van der Waals surface area contributed by atoms with Crippen molar-refractivity contribution in [3.05, 3.63) is 47.8 Å². The number of carbonyl (C=O) groups is 1. The SMILES string of the molecule is Cc1cnc(C2CC2)n1CC1CCN(C(=O)c2ccccn2)CC1. The summed E-state index contributed by atoms with van der Waals surface area (Å²) < 4.78 is 2.42. The van der Waals surface area contributed by atoms with E-state index in [1.54, 1.807) is 12.3 Å². The van der Waals surface area contributed by atoms with Crippen molar-refractivity contribution in [2.45, 2.75) is 45.1 Å². The summed E-state index contributed by atoms with van der Waals surface area (Å²) in [5.74, 6) is 2.65. The first-order chi connectivity index (χ1) is 11.7. The van der Waals surface area contributed by atoms with Crippen LogP contribution in [-0.2, 0) is 6.54 Å². The number of likely N-dealkylation sites (tertiary alicyclic amines) is 1. The Morgan fingerprint density at radius 3 is 2.62 bits per heavy atom. The van der Waals surface area contributed by atoms with Crippen molar-refractivity contribution < 1.29 is 4.79 Å². The number of hydrogen-bond donors (Lipinski definition) is 0. The molecule has 1 saturated heterocycles. The van der Waals surface area contributed by atoms with Crippen LogP contribution in [0.1, 0.15) is 53.6 Å². The van der Waals surface area contributed by atoms with Gasteiger partial charge in [-0.2, -0.15) is 0 Å². The molecule has 0 aromatic carbocycles. The summed E-state index contributed by atoms with van der Waals surface area (Å²) in [4.78, 5) is 23.2. The zero-order valence-corrected chi connectivity index (χ0v) is 14.2. The van der Waals surface area contributed by atoms with E-state index in [0.29, 0.717) is 17.5 Å². The predicted octanol–water partition coefficient (Wildman–Crippen LogP) is 3.02. The van der Waals surface area contributed by atoms with Gasteiger partial charge in [-0.15, -0.1) is 0 Å². The monoisotopic (exact) mass is 324 g/mol. The van der Waals surface area contributed by atoms with Crippen molar-refractivity contribution in [1.29, 1.82) is 0 Å². The number of amides is 1. The number of hydrogen-bond acceptors (Lipinski definition) is 3. The molecule has 2 aliphatic rings. The smallest absolute Gasteiger partial charge is 0.272 e. The van der Waals surface area contributed by atoms with E-state index in [9.17, 15) is 4.79 Å². The summed E-state index contributed by atoms with van der Waals surface area (Å²) in [5, 5.41) is 0. The van der Waals surface area contributed by atoms with Crippen LogP contribution in [0.5, 0.6) is 0 Å². The molecule has 126 valence electrons. The number of carbonyl (C=O) groups excluding carboxylic acids is 1. The zero-order chi connectivity index (χ0) is 16.5. The highest BCUT2D eigenvalue weighted by Crippen LogP contribution is 2.40. The molecule has 0 bridgehead atoms. The van der Waals surface area contributed by atoms with Crippen LogP contribution in [0.25, 0.3) is 0 Å². The summed E-state index contributed by atoms with van der Waals surface area (Å²) in [5.41, 5.74) is 1.82. The molecule has 1 aliphatic carbocycles. The molecule has 5 nitrogen and oxygen atoms in total. The van der Waals surface area contributed by atoms with Gasteiger partial charge in [-0.1, -0.05) is 6.07 Å². The number of imidazole rings is 1. The van der Waals surface area contributed by atoms with Crippen LogP contribution in [0.2, 0.25) is 0 Å². The molecule has 0 unspecified atom stereocenters. The van der Waals surface area contributed by atoms with Gasteiger partial charge in [0.2, 0.25) is 0 Å². The molecule has 1 saturated carbocycles. The van der Waals surface area contributed by atoms with Gasteiger partial charge in [0.1, 0.15) is 11.5 Å². The Balaban J connectivity index is 1.37. The van der Waals surface area contributed by atoms with E-state index in [2.05, 4.69) is 21.5 Å². The molecule has 5 heteroatoms. The normalized spacial score (nSPS) is 18.8. The molecule has 4 rings (SSSR count). The Hall–Kier alpha value is -2.17. The topological polar surface area (TPSA) is 51.0 Å². The maximum atomic E-state index is 12.5. The van der Waals surface area contributed by atoms with Crippen LogP contribution in [0.3, 0.4) is 0 Å². The second kappa shape index (κ2) is 6.38. The fourth-order valence-corrected chi connectivity index (χ4v) is 3.61. The Morgan fingerprint density at radius 1 is 1.17 bits per heavy atom. The molecule has 2 fully saturated rings. The number of aryl methyl sites for hydroxylation is 1. The first-order valence-corrected chi connectivity index (χ1v) is 8.94. The van der Waals surface area contributed by atoms with Crippen molar-refractivity contribution >= 4 is 5.91 Å². The molecule has 0 spiro atoms. The first kappa shape index (κ1) is 15.4. The minimum atomic E-state index is 0.0616. The van der Waals surface area contributed by atoms with Crippen LogP contribution >= 0.6 is 0 Å². The fraction of sp³-hybridized carbons (Fsp3) is 0.526. The number of aromatic nitrogens is 3. The van der Waals surface area contributed by atoms with Gasteiger partial charge in [0.25, 0.3) is 5.91 Å². The summed E-state index contributed by atoms with van der Waals surface area (Å²) in [7, 11) is 0. The van der Waals surface area contributed by atoms with Gasteiger partial charge in [-0.3, -0.25) is 9.78 Å². The minimum absolute atomic E-state index is 0.0616. The second-order valence-electron chi connectivity index (χ2n) is 7.09. The number of nitrogens with zero attached hydrogens (tertiary/aromatic N) is 4. The van der Waals surface area contributed by atoms with Gasteiger partial charge < -0.3 is 9.47 Å². The molecule has 3 heterocycles. The molecule has 24 heavy (non-hydrogen) atoms. The van der Waals surface area contributed by atoms with Crippen molar-refractivity contribution in [2.75, 3.05) is 13.1 Å². The Labute approximate surface area is 142 Å². The highest BCUT2D eigenvalue weighted by Gasteiger charge is 2.30. The highest BCUT2D eigenvalue weighted by molar-refractivity contribution is 5.92. The lowest BCUT2D eigenvalue weighted by Crippen LogP contribution is -2.39. The molecule has 1 aliphatic heterocycles. The number of pyridine rings is 1. The number of piperidine rings is 1. The van der Waals surface area contributed by atoms with Crippen molar-refractivity contribution in [2.24, 2.45) is 5.92 Å². The summed E-state index contributed by atoms with van der Waals surface area (Å²) in [6, 6.07) is 5.51. The van der Waals surface area contributed by atoms with Gasteiger partial charge >= 0.3 is 0 Å². The third kappa shape index (κ3) is 3.07. The highest BCUT2D eigenvalue weighted by atomic mass is 16.2. The van der Waals surface area contributed by atoms with Crippen LogP contribution in [0, 0.1) is 12.8 Å². The van der Waals surface area contributed by atoms with E-state index in [4.69, 9.17) is 0 Å². The number of rotatable bonds is 4. The summed E-state index contributed by atoms with van der Waals surface area (Å²) in [6.07, 6.45) is 8.37. The van der Waals surface area contributed by atoms with Crippen LogP contribution in [0.4, 0.5) is 0 Å². The molecule has 0 atom stereocenters. The molecule has 0 radical (unpaired) electrons. The third-order valence-corrected chi connectivity index (χ3v) is 5.25. The van der Waals surface area contributed by atoms with Gasteiger partial charge in [-0.25, -0.2) is 4.98 Å². The van der Waals surface area contributed by atoms with E-state index >= 15 is 0 Å². The lowest BCUT2D eigenvalue weighted by atomic mass is 9.96. The Morgan fingerprint density at radius 2 is 1.96 bits per heavy atom. The average molecular weight is 324 g/mol. The lowest BCUT2D eigenvalue weighted by Gasteiger charge is -2.32. The van der Waals surface area contributed by atoms with Gasteiger partial charge in [0, 0.05) is 43.6 Å². The predicted molar refractivity (Wildman–Crippen MR) is 91.8 cm³/mol. The first-order valence-electron chi connectivity index (χ1n) is 8.94. The lowest BCUT2D eigenvalue weighted by molar-refractivity contribution is 0.0676. The third-order valence-electron chi connectivity index (χ3n) is 5.25. The van der Waals surface area contributed by atoms with Crippen LogP contribution in [-0.4, -0.2) is 38.4 Å². The van der Waals surface area contributed by atoms with Gasteiger partial charge in [0.05, 0.1) is 0 Å². The summed E-state index contributed by atoms with van der Waals surface area (Å²) in [6.45, 7) is 4.85. The maximum Gasteiger partial charge on any atom is 0.272 e. The van der Waals surface area contributed by atoms with Crippen molar-refractivity contribution in [3.8, 4) is 0 Å². The Kier molecular flexibility index (Phi) is 4.08. The van der Waals surface area contributed by atoms with Crippen molar-refractivity contribution in [3.63, 3.8) is 0 Å². The van der Waals surface area contributed by atoms with E-state index in [-0.39, 0.29) is 5.91 Å². The molecule has 0 N–H and O–H groups in total. The van der Waals surface area contributed by atoms with E-state index in [0.717, 1.165) is 32.5 Å². The Bertz CT molecular complexity index is 712. The molecular weight excluding hydrogens is 300 g/mol. The molecule has 2 aromatic rings. The standard InChI is InChI=1S/C19H24N4O/c1-14-12-21-18(16-5-6-16)23(14)13-15-7-10-22(11-8-15)19(24)17-4-2-3-9-20-17/h2-4,9,12,15-16H,5-8,10-11,13H2,1H3. The zero-order valence-electron chi connectivity index (χ0n) is 14.2. The molecular formula is C19H24N4O. The molecule has 2 aromatic heterocycles. The van der Waals surface area contributed by atoms with Crippen molar-refractivity contribution in [1.82, 2.24) is 19.4 Å². The quantitative estimate of drug-likeness (QED) is 0.868. The van der Waals surface area contributed by atoms with Crippen LogP contribution < -0.4 is 0 Å². The van der Waals surface area contributed by atoms with Gasteiger partial charge in [0.15, 0.2) is 0 Å². The minimum Gasteiger partial charge on any atom is -0.337 e. The second-order valence-corrected chi connectivity index (χ2v) is 7.09. The van der Waals surface area contributed by atoms with E-state index in [1.807, 2.05) is 23.2 Å². The fourth-order valence-electron chi connectivity index (χ4n) is 3.61. The average Bonchev–Trinajstić information content (AvgIpc) is 3.41. The molecule has 1 amide bonds. The van der Waals surface area contributed by atoms with Gasteiger partial charge in [-0.05, 0) is 50.7 Å². The largest absolute Gasteiger partial charge is 0.337 e.